The van der Waals surface area contributed by atoms with E-state index < -0.39 is 0 Å². The van der Waals surface area contributed by atoms with Crippen LogP contribution in [-0.4, -0.2) is 15.5 Å². The molecule has 0 spiro atoms. The van der Waals surface area contributed by atoms with Crippen LogP contribution < -0.4 is 4.85 Å². The Morgan fingerprint density at radius 1 is 0.917 bits per heavy atom. The molecular formula is C18H15N4O2+. The van der Waals surface area contributed by atoms with Crippen LogP contribution in [0.3, 0.4) is 0 Å². The fourth-order valence-corrected chi connectivity index (χ4v) is 2.59. The Morgan fingerprint density at radius 2 is 1.71 bits per heavy atom. The highest BCUT2D eigenvalue weighted by Gasteiger charge is 2.22. The van der Waals surface area contributed by atoms with Gasteiger partial charge >= 0.3 is 0 Å². The highest BCUT2D eigenvalue weighted by Crippen LogP contribution is 2.23. The van der Waals surface area contributed by atoms with Crippen LogP contribution in [0, 0.1) is 13.8 Å². The van der Waals surface area contributed by atoms with E-state index >= 15 is 0 Å². The zero-order valence-corrected chi connectivity index (χ0v) is 13.3. The van der Waals surface area contributed by atoms with Crippen LogP contribution in [-0.2, 0) is 0 Å². The molecule has 0 aliphatic carbocycles. The number of benzene rings is 2. The van der Waals surface area contributed by atoms with Crippen molar-refractivity contribution in [3.63, 3.8) is 0 Å². The number of rotatable bonds is 3. The summed E-state index contributed by atoms with van der Waals surface area (Å²) in [6.07, 6.45) is 0. The summed E-state index contributed by atoms with van der Waals surface area (Å²) >= 11 is 0. The van der Waals surface area contributed by atoms with Gasteiger partial charge in [-0.1, -0.05) is 42.5 Å². The lowest BCUT2D eigenvalue weighted by atomic mass is 10.1. The third kappa shape index (κ3) is 2.48. The molecular weight excluding hydrogens is 304 g/mol. The molecule has 2 heterocycles. The molecule has 0 aliphatic heterocycles. The minimum absolute atomic E-state index is 0.672. The Morgan fingerprint density at radius 3 is 2.46 bits per heavy atom. The lowest BCUT2D eigenvalue weighted by Crippen LogP contribution is -2.31. The molecule has 2 aromatic heterocycles. The van der Waals surface area contributed by atoms with Gasteiger partial charge in [0.25, 0.3) is 5.69 Å². The van der Waals surface area contributed by atoms with E-state index in [4.69, 9.17) is 9.05 Å². The third-order valence-corrected chi connectivity index (χ3v) is 3.78. The van der Waals surface area contributed by atoms with Gasteiger partial charge in [-0.15, -0.1) is 5.10 Å². The molecule has 0 fully saturated rings. The first-order chi connectivity index (χ1) is 11.7. The minimum Gasteiger partial charge on any atom is -0.342 e. The number of hydrogen-bond acceptors (Lipinski definition) is 5. The maximum Gasteiger partial charge on any atom is 0.290 e. The summed E-state index contributed by atoms with van der Waals surface area (Å²) in [6, 6.07) is 17.7. The lowest BCUT2D eigenvalue weighted by Gasteiger charge is -1.95. The summed E-state index contributed by atoms with van der Waals surface area (Å²) in [5.41, 5.74) is 4.24. The van der Waals surface area contributed by atoms with Crippen LogP contribution in [0.4, 0.5) is 0 Å². The van der Waals surface area contributed by atoms with E-state index in [1.54, 1.807) is 0 Å². The highest BCUT2D eigenvalue weighted by molar-refractivity contribution is 5.62. The maximum atomic E-state index is 5.94. The van der Waals surface area contributed by atoms with E-state index in [1.807, 2.05) is 68.4 Å². The van der Waals surface area contributed by atoms with Crippen LogP contribution >= 0.6 is 0 Å². The van der Waals surface area contributed by atoms with Crippen LogP contribution in [0.15, 0.2) is 63.6 Å². The first-order valence-corrected chi connectivity index (χ1v) is 7.58. The van der Waals surface area contributed by atoms with Gasteiger partial charge in [0.05, 0.1) is 5.10 Å². The van der Waals surface area contributed by atoms with Crippen molar-refractivity contribution in [2.45, 2.75) is 13.8 Å². The van der Waals surface area contributed by atoms with E-state index in [2.05, 4.69) is 15.5 Å². The van der Waals surface area contributed by atoms with Gasteiger partial charge in [-0.25, -0.2) is 4.52 Å². The average Bonchev–Trinajstić information content (AvgIpc) is 3.22. The Hall–Kier alpha value is -3.28. The van der Waals surface area contributed by atoms with Crippen LogP contribution in [0.2, 0.25) is 0 Å². The normalized spacial score (nSPS) is 10.9. The van der Waals surface area contributed by atoms with E-state index in [-0.39, 0.29) is 0 Å². The van der Waals surface area contributed by atoms with Gasteiger partial charge in [-0.2, -0.15) is 0 Å². The molecule has 0 saturated heterocycles. The molecule has 0 N–H and O–H groups in total. The smallest absolute Gasteiger partial charge is 0.290 e. The molecule has 24 heavy (non-hydrogen) atoms. The van der Waals surface area contributed by atoms with Crippen LogP contribution in [0.5, 0.6) is 0 Å². The lowest BCUT2D eigenvalue weighted by molar-refractivity contribution is -0.831. The molecule has 6 nitrogen and oxygen atoms in total. The van der Waals surface area contributed by atoms with Crippen molar-refractivity contribution < 1.29 is 13.9 Å². The summed E-state index contributed by atoms with van der Waals surface area (Å²) < 4.78 is 11.0. The number of aryl methyl sites for hydroxylation is 2. The maximum absolute atomic E-state index is 5.94. The number of hydrogen-bond donors (Lipinski definition) is 0. The SMILES string of the molecule is Cc1n[n+](-c2cccc(-c3nnoc3C)c2)oc1-c1ccccc1. The monoisotopic (exact) mass is 319 g/mol. The topological polar surface area (TPSA) is 68.8 Å². The van der Waals surface area contributed by atoms with Crippen molar-refractivity contribution in [1.82, 2.24) is 15.5 Å². The first-order valence-electron chi connectivity index (χ1n) is 7.58. The largest absolute Gasteiger partial charge is 0.342 e. The summed E-state index contributed by atoms with van der Waals surface area (Å²) in [5.74, 6) is 1.42. The van der Waals surface area contributed by atoms with Gasteiger partial charge in [0, 0.05) is 28.5 Å². The van der Waals surface area contributed by atoms with Crippen molar-refractivity contribution in [3.05, 3.63) is 66.1 Å². The van der Waals surface area contributed by atoms with Crippen molar-refractivity contribution in [1.29, 1.82) is 0 Å². The molecule has 0 amide bonds. The van der Waals surface area contributed by atoms with E-state index in [0.29, 0.717) is 11.5 Å². The van der Waals surface area contributed by atoms with Gasteiger partial charge in [0.1, 0.15) is 10.5 Å². The average molecular weight is 319 g/mol. The van der Waals surface area contributed by atoms with Crippen molar-refractivity contribution in [3.8, 4) is 28.3 Å². The second-order valence-corrected chi connectivity index (χ2v) is 5.47. The summed E-state index contributed by atoms with van der Waals surface area (Å²) in [5, 5.41) is 12.1. The number of aromatic nitrogens is 4. The molecule has 2 aromatic carbocycles. The summed E-state index contributed by atoms with van der Waals surface area (Å²) in [7, 11) is 0. The van der Waals surface area contributed by atoms with Crippen LogP contribution in [0.25, 0.3) is 28.3 Å². The second kappa shape index (κ2) is 5.73. The summed E-state index contributed by atoms with van der Waals surface area (Å²) in [4.78, 5) is 1.52. The van der Waals surface area contributed by atoms with Gasteiger partial charge in [-0.05, 0) is 13.8 Å². The molecule has 4 aromatic rings. The predicted octanol–water partition coefficient (Wildman–Crippen LogP) is 3.29. The summed E-state index contributed by atoms with van der Waals surface area (Å²) in [6.45, 7) is 3.76. The quantitative estimate of drug-likeness (QED) is 0.542. The van der Waals surface area contributed by atoms with Crippen molar-refractivity contribution in [2.24, 2.45) is 0 Å². The van der Waals surface area contributed by atoms with Crippen molar-refractivity contribution in [2.75, 3.05) is 0 Å². The Labute approximate surface area is 138 Å². The fraction of sp³-hybridized carbons (Fsp3) is 0.111. The Bertz CT molecular complexity index is 989. The molecule has 0 atom stereocenters. The van der Waals surface area contributed by atoms with E-state index in [9.17, 15) is 0 Å². The molecule has 6 heteroatoms. The van der Waals surface area contributed by atoms with E-state index in [1.165, 1.54) is 4.85 Å². The van der Waals surface area contributed by atoms with Gasteiger partial charge in [0.15, 0.2) is 11.5 Å². The molecule has 0 saturated carbocycles. The van der Waals surface area contributed by atoms with E-state index in [0.717, 1.165) is 28.3 Å². The Kier molecular flexibility index (Phi) is 3.42. The minimum atomic E-state index is 0.672. The zero-order chi connectivity index (χ0) is 16.5. The van der Waals surface area contributed by atoms with Gasteiger partial charge in [0.2, 0.25) is 5.76 Å². The Balaban J connectivity index is 1.77. The first kappa shape index (κ1) is 14.3. The molecule has 0 unspecified atom stereocenters. The fourth-order valence-electron chi connectivity index (χ4n) is 2.59. The van der Waals surface area contributed by atoms with Crippen LogP contribution in [0.1, 0.15) is 11.5 Å². The zero-order valence-electron chi connectivity index (χ0n) is 13.3. The highest BCUT2D eigenvalue weighted by atomic mass is 16.5. The molecule has 0 aliphatic rings. The standard InChI is InChI=1S/C18H15N4O2/c1-12-18(14-7-4-3-5-8-14)24-22(20-12)16-10-6-9-15(11-16)17-13(2)23-21-19-17/h3-11H,1-2H3/q+1. The molecule has 118 valence electrons. The molecule has 0 radical (unpaired) electrons. The number of nitrogens with zero attached hydrogens (tertiary/aromatic N) is 4. The second-order valence-electron chi connectivity index (χ2n) is 5.47. The van der Waals surface area contributed by atoms with Gasteiger partial charge < -0.3 is 4.52 Å². The predicted molar refractivity (Wildman–Crippen MR) is 86.2 cm³/mol. The molecule has 0 bridgehead atoms. The van der Waals surface area contributed by atoms with Crippen molar-refractivity contribution >= 4 is 0 Å². The third-order valence-electron chi connectivity index (χ3n) is 3.78. The molecule has 4 rings (SSSR count). The van der Waals surface area contributed by atoms with Gasteiger partial charge in [-0.3, -0.25) is 0 Å².